The largest absolute Gasteiger partial charge is 0.472 e. The van der Waals surface area contributed by atoms with Gasteiger partial charge in [0, 0.05) is 25.7 Å². The van der Waals surface area contributed by atoms with Gasteiger partial charge < -0.3 is 33.8 Å². The number of carbonyl (C=O) groups excluding carboxylic acids is 4. The van der Waals surface area contributed by atoms with E-state index < -0.39 is 97.5 Å². The van der Waals surface area contributed by atoms with Gasteiger partial charge in [-0.05, 0) is 37.5 Å². The van der Waals surface area contributed by atoms with Crippen LogP contribution in [0.4, 0.5) is 0 Å². The fourth-order valence-electron chi connectivity index (χ4n) is 11.6. The first kappa shape index (κ1) is 93.1. The van der Waals surface area contributed by atoms with Crippen molar-refractivity contribution in [3.05, 3.63) is 0 Å². The van der Waals surface area contributed by atoms with E-state index in [9.17, 15) is 43.2 Å². The highest BCUT2D eigenvalue weighted by Crippen LogP contribution is 2.45. The predicted octanol–water partition coefficient (Wildman–Crippen LogP) is 22.3. The van der Waals surface area contributed by atoms with Crippen molar-refractivity contribution in [3.63, 3.8) is 0 Å². The predicted molar refractivity (Wildman–Crippen MR) is 386 cm³/mol. The summed E-state index contributed by atoms with van der Waals surface area (Å²) in [6, 6.07) is 0. The van der Waals surface area contributed by atoms with Crippen LogP contribution in [0, 0.1) is 11.8 Å². The lowest BCUT2D eigenvalue weighted by atomic mass is 9.99. The second kappa shape index (κ2) is 67.9. The molecular formula is C76H148O17P2. The Hall–Kier alpha value is -1.94. The molecule has 0 fully saturated rings. The summed E-state index contributed by atoms with van der Waals surface area (Å²) >= 11 is 0. The minimum absolute atomic E-state index is 0.103. The maximum absolute atomic E-state index is 13.1. The molecule has 0 aliphatic heterocycles. The topological polar surface area (TPSA) is 237 Å². The molecule has 0 saturated heterocycles. The monoisotopic (exact) mass is 1400 g/mol. The summed E-state index contributed by atoms with van der Waals surface area (Å²) in [5.74, 6) is -0.551. The number of ether oxygens (including phenoxy) is 4. The molecule has 0 aliphatic rings. The second-order valence-electron chi connectivity index (χ2n) is 27.9. The number of esters is 4. The van der Waals surface area contributed by atoms with Gasteiger partial charge in [-0.2, -0.15) is 0 Å². The highest BCUT2D eigenvalue weighted by atomic mass is 31.2. The Morgan fingerprint density at radius 1 is 0.295 bits per heavy atom. The zero-order valence-corrected chi connectivity index (χ0v) is 63.8. The fourth-order valence-corrected chi connectivity index (χ4v) is 13.2. The van der Waals surface area contributed by atoms with Gasteiger partial charge in [-0.3, -0.25) is 37.3 Å². The van der Waals surface area contributed by atoms with Crippen LogP contribution in [0.2, 0.25) is 0 Å². The van der Waals surface area contributed by atoms with Crippen LogP contribution in [0.25, 0.3) is 0 Å². The third kappa shape index (κ3) is 67.6. The molecule has 0 heterocycles. The van der Waals surface area contributed by atoms with Crippen LogP contribution in [-0.4, -0.2) is 96.7 Å². The fraction of sp³-hybridized carbons (Fsp3) is 0.947. The Labute approximate surface area is 581 Å². The Bertz CT molecular complexity index is 1840. The summed E-state index contributed by atoms with van der Waals surface area (Å²) in [5.41, 5.74) is 0. The van der Waals surface area contributed by atoms with Crippen molar-refractivity contribution in [3.8, 4) is 0 Å². The van der Waals surface area contributed by atoms with Crippen molar-refractivity contribution in [1.29, 1.82) is 0 Å². The van der Waals surface area contributed by atoms with Crippen LogP contribution in [0.5, 0.6) is 0 Å². The van der Waals surface area contributed by atoms with Crippen molar-refractivity contribution < 1.29 is 80.2 Å². The van der Waals surface area contributed by atoms with Gasteiger partial charge in [0.15, 0.2) is 12.2 Å². The van der Waals surface area contributed by atoms with E-state index in [0.717, 1.165) is 108 Å². The molecule has 0 aromatic heterocycles. The van der Waals surface area contributed by atoms with Crippen molar-refractivity contribution in [2.45, 2.75) is 413 Å². The second-order valence-corrected chi connectivity index (χ2v) is 30.8. The van der Waals surface area contributed by atoms with Crippen molar-refractivity contribution in [2.24, 2.45) is 11.8 Å². The molecule has 0 aromatic rings. The number of rotatable bonds is 75. The first-order chi connectivity index (χ1) is 45.9. The van der Waals surface area contributed by atoms with E-state index in [2.05, 4.69) is 41.5 Å². The van der Waals surface area contributed by atoms with E-state index >= 15 is 0 Å². The number of phosphoric acid groups is 2. The molecule has 0 rings (SSSR count). The normalized spacial score (nSPS) is 14.6. The van der Waals surface area contributed by atoms with Crippen LogP contribution in [0.3, 0.4) is 0 Å². The lowest BCUT2D eigenvalue weighted by molar-refractivity contribution is -0.161. The Kier molecular flexibility index (Phi) is 66.5. The van der Waals surface area contributed by atoms with Crippen LogP contribution in [0.15, 0.2) is 0 Å². The van der Waals surface area contributed by atoms with Crippen molar-refractivity contribution in [1.82, 2.24) is 0 Å². The average Bonchev–Trinajstić information content (AvgIpc) is 1.96. The molecule has 0 aliphatic carbocycles. The number of unbranched alkanes of at least 4 members (excludes halogenated alkanes) is 43. The average molecular weight is 1400 g/mol. The molecule has 0 amide bonds. The zero-order valence-electron chi connectivity index (χ0n) is 62.0. The lowest BCUT2D eigenvalue weighted by Gasteiger charge is -2.21. The number of phosphoric ester groups is 2. The van der Waals surface area contributed by atoms with Gasteiger partial charge in [0.25, 0.3) is 0 Å². The molecule has 0 aromatic carbocycles. The van der Waals surface area contributed by atoms with E-state index in [1.54, 1.807) is 0 Å². The van der Waals surface area contributed by atoms with E-state index in [0.29, 0.717) is 25.7 Å². The SMILES string of the molecule is CCCCCCCCCCCCCCCCCCCCCC(=O)O[C@H](COC(=O)CCCCCCCCCCCCCCCCC(C)CC)COP(=O)(O)OC[C@@H](O)COP(=O)(O)OC[C@@H](COC(=O)CCCCCCCCCC)OC(=O)CCCCCCCCC(C)CC. The molecule has 564 valence electrons. The molecular weight excluding hydrogens is 1250 g/mol. The third-order valence-corrected chi connectivity index (χ3v) is 20.3. The number of hydrogen-bond acceptors (Lipinski definition) is 15. The van der Waals surface area contributed by atoms with Crippen molar-refractivity contribution >= 4 is 39.5 Å². The Morgan fingerprint density at radius 3 is 0.747 bits per heavy atom. The first-order valence-corrected chi connectivity index (χ1v) is 42.6. The quantitative estimate of drug-likeness (QED) is 0.0222. The molecule has 17 nitrogen and oxygen atoms in total. The molecule has 0 radical (unpaired) electrons. The van der Waals surface area contributed by atoms with E-state index in [1.807, 2.05) is 0 Å². The summed E-state index contributed by atoms with van der Waals surface area (Å²) in [7, 11) is -9.91. The van der Waals surface area contributed by atoms with Gasteiger partial charge in [0.05, 0.1) is 26.4 Å². The van der Waals surface area contributed by atoms with Crippen LogP contribution in [-0.2, 0) is 65.4 Å². The summed E-state index contributed by atoms with van der Waals surface area (Å²) in [5, 5.41) is 10.6. The van der Waals surface area contributed by atoms with Crippen LogP contribution >= 0.6 is 15.6 Å². The van der Waals surface area contributed by atoms with Gasteiger partial charge >= 0.3 is 39.5 Å². The molecule has 19 heteroatoms. The number of aliphatic hydroxyl groups excluding tert-OH is 1. The molecule has 95 heavy (non-hydrogen) atoms. The summed E-state index contributed by atoms with van der Waals surface area (Å²) in [6.07, 6.45) is 55.6. The summed E-state index contributed by atoms with van der Waals surface area (Å²) in [4.78, 5) is 72.7. The number of aliphatic hydroxyl groups is 1. The van der Waals surface area contributed by atoms with Gasteiger partial charge in [-0.25, -0.2) is 9.13 Å². The van der Waals surface area contributed by atoms with E-state index in [4.69, 9.17) is 37.0 Å². The van der Waals surface area contributed by atoms with Crippen LogP contribution in [0.1, 0.15) is 395 Å². The molecule has 0 spiro atoms. The highest BCUT2D eigenvalue weighted by molar-refractivity contribution is 7.47. The molecule has 0 bridgehead atoms. The summed E-state index contributed by atoms with van der Waals surface area (Å²) in [6.45, 7) is 9.57. The third-order valence-electron chi connectivity index (χ3n) is 18.4. The minimum Gasteiger partial charge on any atom is -0.462 e. The smallest absolute Gasteiger partial charge is 0.462 e. The van der Waals surface area contributed by atoms with Gasteiger partial charge in [0.2, 0.25) is 0 Å². The zero-order chi connectivity index (χ0) is 70.0. The van der Waals surface area contributed by atoms with Crippen molar-refractivity contribution in [2.75, 3.05) is 39.6 Å². The number of hydrogen-bond donors (Lipinski definition) is 3. The van der Waals surface area contributed by atoms with Gasteiger partial charge in [0.1, 0.15) is 19.3 Å². The van der Waals surface area contributed by atoms with Gasteiger partial charge in [-0.1, -0.05) is 343 Å². The molecule has 3 N–H and O–H groups in total. The Morgan fingerprint density at radius 2 is 0.505 bits per heavy atom. The number of carbonyl (C=O) groups is 4. The molecule has 4 unspecified atom stereocenters. The Balaban J connectivity index is 5.19. The summed E-state index contributed by atoms with van der Waals surface area (Å²) < 4.78 is 68.4. The lowest BCUT2D eigenvalue weighted by Crippen LogP contribution is -2.30. The maximum Gasteiger partial charge on any atom is 0.472 e. The standard InChI is InChI=1S/C76H148O17P2/c1-7-11-13-15-17-19-20-21-22-23-24-25-26-31-34-37-41-48-54-60-75(80)92-71(64-87-74(79)59-53-47-40-36-33-30-28-27-29-32-35-38-44-50-56-68(5)9-3)66-90-94(82,83)88-62-70(77)63-89-95(84,85)91-67-72(65-86-73(78)58-52-46-39-18-16-14-12-8-2)93-76(81)61-55-49-43-42-45-51-57-69(6)10-4/h68-72,77H,7-67H2,1-6H3,(H,82,83)(H,84,85)/t68?,69?,70-,71-,72-/m1/s1. The van der Waals surface area contributed by atoms with Gasteiger partial charge in [-0.15, -0.1) is 0 Å². The first-order valence-electron chi connectivity index (χ1n) is 39.6. The van der Waals surface area contributed by atoms with E-state index in [-0.39, 0.29) is 25.7 Å². The van der Waals surface area contributed by atoms with E-state index in [1.165, 1.54) is 205 Å². The molecule has 0 saturated carbocycles. The van der Waals surface area contributed by atoms with Crippen LogP contribution < -0.4 is 0 Å². The minimum atomic E-state index is -4.96. The molecule has 7 atom stereocenters. The highest BCUT2D eigenvalue weighted by Gasteiger charge is 2.30. The maximum atomic E-state index is 13.1.